The normalized spacial score (nSPS) is 41.6. The van der Waals surface area contributed by atoms with Crippen LogP contribution in [0.25, 0.3) is 0 Å². The molecule has 3 N–H and O–H groups in total. The molecule has 4 aliphatic rings. The van der Waals surface area contributed by atoms with Crippen LogP contribution in [-0.2, 0) is 42.9 Å². The fraction of sp³-hybridized carbons (Fsp3) is 0.814. The molecule has 2 saturated heterocycles. The number of ketones is 2. The van der Waals surface area contributed by atoms with Crippen molar-refractivity contribution < 1.29 is 58.2 Å². The molecule has 3 fully saturated rings. The van der Waals surface area contributed by atoms with Gasteiger partial charge in [-0.1, -0.05) is 45.4 Å². The summed E-state index contributed by atoms with van der Waals surface area (Å²) in [5.41, 5.74) is 1.66. The Morgan fingerprint density at radius 1 is 0.911 bits per heavy atom. The van der Waals surface area contributed by atoms with Crippen LogP contribution in [0.1, 0.15) is 112 Å². The maximum Gasteiger partial charge on any atom is 0.329 e. The molecule has 0 unspecified atom stereocenters. The standard InChI is InChI=1S/C43H69NO12/c1-10-30-18-24(2)17-25(3)19-36(53-8)39-37(54-9)21-27(5)43(51,56-39)40(48)41(49)44-16-12-11-13-31(44)42(50)55-38(28(6)33(46)23-34(30)47)26(4)20-29-14-15-32(45)35(22-29)52-7/h18,20,25,27-33,35-39,45-46,51H,10-17,19,21-23H2,1-9H3/b24-18+,26-20+/t25-,27+,28-,29+,30+,31-,32-,33+,35+,36-,37-,38+,39-,43+/m1/s1. The van der Waals surface area contributed by atoms with E-state index in [2.05, 4.69) is 6.92 Å². The summed E-state index contributed by atoms with van der Waals surface area (Å²) in [7, 11) is 4.63. The van der Waals surface area contributed by atoms with E-state index in [9.17, 15) is 34.5 Å². The van der Waals surface area contributed by atoms with Crippen LogP contribution in [0.3, 0.4) is 0 Å². The van der Waals surface area contributed by atoms with Crippen molar-refractivity contribution in [1.29, 1.82) is 0 Å². The Balaban J connectivity index is 1.76. The molecule has 0 aromatic heterocycles. The van der Waals surface area contributed by atoms with Crippen molar-refractivity contribution in [1.82, 2.24) is 4.90 Å². The van der Waals surface area contributed by atoms with E-state index in [0.29, 0.717) is 56.9 Å². The van der Waals surface area contributed by atoms with Gasteiger partial charge in [-0.3, -0.25) is 14.4 Å². The number of esters is 1. The van der Waals surface area contributed by atoms with Crippen molar-refractivity contribution in [2.45, 2.75) is 167 Å². The minimum absolute atomic E-state index is 0.000914. The molecule has 1 amide bonds. The summed E-state index contributed by atoms with van der Waals surface area (Å²) in [6, 6.07) is -1.13. The van der Waals surface area contributed by atoms with Crippen molar-refractivity contribution in [3.8, 4) is 0 Å². The number of carbonyl (C=O) groups is 4. The molecule has 3 aliphatic heterocycles. The molecule has 4 rings (SSSR count). The molecule has 2 bridgehead atoms. The number of hydrogen-bond acceptors (Lipinski definition) is 12. The highest BCUT2D eigenvalue weighted by molar-refractivity contribution is 6.39. The summed E-state index contributed by atoms with van der Waals surface area (Å²) in [4.78, 5) is 57.6. The van der Waals surface area contributed by atoms with Gasteiger partial charge in [0.25, 0.3) is 11.7 Å². The molecule has 0 aromatic rings. The Morgan fingerprint density at radius 2 is 1.57 bits per heavy atom. The Kier molecular flexibility index (Phi) is 16.9. The highest BCUT2D eigenvalue weighted by Crippen LogP contribution is 2.39. The number of Topliss-reactive ketones (excluding diaryl/α,β-unsaturated/α-hetero) is 2. The van der Waals surface area contributed by atoms with Gasteiger partial charge in [0.15, 0.2) is 0 Å². The van der Waals surface area contributed by atoms with Crippen molar-refractivity contribution in [2.75, 3.05) is 27.9 Å². The lowest BCUT2D eigenvalue weighted by Crippen LogP contribution is -2.64. The van der Waals surface area contributed by atoms with Gasteiger partial charge in [0, 0.05) is 52.0 Å². The summed E-state index contributed by atoms with van der Waals surface area (Å²) in [6.07, 6.45) is 3.72. The predicted molar refractivity (Wildman–Crippen MR) is 208 cm³/mol. The lowest BCUT2D eigenvalue weighted by atomic mass is 9.81. The minimum Gasteiger partial charge on any atom is -0.456 e. The second kappa shape index (κ2) is 20.4. The lowest BCUT2D eigenvalue weighted by Gasteiger charge is -2.47. The molecular formula is C43H69NO12. The molecule has 3 heterocycles. The van der Waals surface area contributed by atoms with Gasteiger partial charge < -0.3 is 43.9 Å². The molecule has 0 aromatic carbocycles. The van der Waals surface area contributed by atoms with Gasteiger partial charge in [-0.2, -0.15) is 0 Å². The van der Waals surface area contributed by atoms with Crippen LogP contribution >= 0.6 is 0 Å². The van der Waals surface area contributed by atoms with Gasteiger partial charge in [-0.05, 0) is 95.5 Å². The summed E-state index contributed by atoms with van der Waals surface area (Å²) < 4.78 is 29.7. The van der Waals surface area contributed by atoms with E-state index < -0.39 is 83.9 Å². The molecule has 0 radical (unpaired) electrons. The van der Waals surface area contributed by atoms with E-state index in [1.165, 1.54) is 19.1 Å². The topological polar surface area (TPSA) is 178 Å². The molecule has 56 heavy (non-hydrogen) atoms. The zero-order valence-electron chi connectivity index (χ0n) is 35.1. The molecule has 0 spiro atoms. The number of allylic oxidation sites excluding steroid dienone is 3. The number of methoxy groups -OCH3 is 3. The zero-order valence-corrected chi connectivity index (χ0v) is 35.1. The maximum absolute atomic E-state index is 14.3. The molecule has 1 saturated carbocycles. The van der Waals surface area contributed by atoms with Gasteiger partial charge >= 0.3 is 5.97 Å². The van der Waals surface area contributed by atoms with Crippen LogP contribution in [0.15, 0.2) is 23.3 Å². The quantitative estimate of drug-likeness (QED) is 0.196. The van der Waals surface area contributed by atoms with E-state index in [1.807, 2.05) is 32.9 Å². The van der Waals surface area contributed by atoms with Crippen LogP contribution in [0.4, 0.5) is 0 Å². The lowest BCUT2D eigenvalue weighted by molar-refractivity contribution is -0.302. The predicted octanol–water partition coefficient (Wildman–Crippen LogP) is 4.47. The maximum atomic E-state index is 14.3. The third-order valence-electron chi connectivity index (χ3n) is 12.9. The molecule has 13 heteroatoms. The first-order chi connectivity index (χ1) is 26.5. The van der Waals surface area contributed by atoms with E-state index in [1.54, 1.807) is 21.0 Å². The third-order valence-corrected chi connectivity index (χ3v) is 12.9. The van der Waals surface area contributed by atoms with Crippen molar-refractivity contribution in [3.05, 3.63) is 23.3 Å². The number of ether oxygens (including phenoxy) is 5. The van der Waals surface area contributed by atoms with Crippen LogP contribution in [0.2, 0.25) is 0 Å². The van der Waals surface area contributed by atoms with Crippen LogP contribution in [0, 0.1) is 29.6 Å². The van der Waals surface area contributed by atoms with Crippen molar-refractivity contribution in [2.24, 2.45) is 29.6 Å². The first-order valence-corrected chi connectivity index (χ1v) is 20.8. The smallest absolute Gasteiger partial charge is 0.329 e. The Hall–Kier alpha value is -2.52. The molecule has 14 atom stereocenters. The van der Waals surface area contributed by atoms with Crippen LogP contribution in [-0.4, -0.2) is 126 Å². The van der Waals surface area contributed by atoms with Gasteiger partial charge in [-0.25, -0.2) is 4.79 Å². The van der Waals surface area contributed by atoms with Crippen molar-refractivity contribution in [3.63, 3.8) is 0 Å². The van der Waals surface area contributed by atoms with Crippen LogP contribution < -0.4 is 0 Å². The monoisotopic (exact) mass is 791 g/mol. The summed E-state index contributed by atoms with van der Waals surface area (Å²) >= 11 is 0. The van der Waals surface area contributed by atoms with Crippen LogP contribution in [0.5, 0.6) is 0 Å². The highest BCUT2D eigenvalue weighted by Gasteiger charge is 2.56. The second-order valence-electron chi connectivity index (χ2n) is 17.2. The number of hydrogen-bond donors (Lipinski definition) is 3. The number of amides is 1. The SMILES string of the molecule is CC[C@H]1/C=C(\C)C[C@@H](C)C[C@@H](OC)[C@H]2O[C@](O)(C(=O)C(=O)N3CCCC[C@@H]3C(=O)O[C@@H](/C(C)=C/[C@@H]3CC[C@@H](O)[C@@H](OC)C3)[C@H](C)[C@@H](O)CC1=O)[C@@H](C)C[C@H]2OC. The number of carbonyl (C=O) groups excluding carboxylic acids is 4. The summed E-state index contributed by atoms with van der Waals surface area (Å²) in [5, 5.41) is 34.1. The Morgan fingerprint density at radius 3 is 2.21 bits per heavy atom. The number of nitrogens with zero attached hydrogens (tertiary/aromatic N) is 1. The first-order valence-electron chi connectivity index (χ1n) is 20.8. The average molecular weight is 792 g/mol. The van der Waals surface area contributed by atoms with E-state index in [-0.39, 0.29) is 49.5 Å². The van der Waals surface area contributed by atoms with Gasteiger partial charge in [0.2, 0.25) is 5.79 Å². The fourth-order valence-corrected chi connectivity index (χ4v) is 9.39. The molecular weight excluding hydrogens is 722 g/mol. The fourth-order valence-electron chi connectivity index (χ4n) is 9.39. The molecule has 13 nitrogen and oxygen atoms in total. The number of aliphatic hydroxyl groups excluding tert-OH is 2. The summed E-state index contributed by atoms with van der Waals surface area (Å²) in [6.45, 7) is 11.3. The number of aliphatic hydroxyl groups is 3. The number of piperidine rings is 1. The van der Waals surface area contributed by atoms with Gasteiger partial charge in [0.05, 0.1) is 30.5 Å². The summed E-state index contributed by atoms with van der Waals surface area (Å²) in [5.74, 6) is -7.50. The number of fused-ring (bicyclic) bond motifs is 3. The molecule has 1 aliphatic carbocycles. The number of rotatable bonds is 6. The number of cyclic esters (lactones) is 1. The van der Waals surface area contributed by atoms with E-state index >= 15 is 0 Å². The van der Waals surface area contributed by atoms with Gasteiger partial charge in [0.1, 0.15) is 24.0 Å². The molecule has 318 valence electrons. The van der Waals surface area contributed by atoms with E-state index in [4.69, 9.17) is 23.7 Å². The second-order valence-corrected chi connectivity index (χ2v) is 17.2. The van der Waals surface area contributed by atoms with Gasteiger partial charge in [-0.15, -0.1) is 0 Å². The van der Waals surface area contributed by atoms with Crippen molar-refractivity contribution >= 4 is 23.4 Å². The average Bonchev–Trinajstić information content (AvgIpc) is 3.18. The Bertz CT molecular complexity index is 1430. The van der Waals surface area contributed by atoms with E-state index in [0.717, 1.165) is 5.57 Å². The minimum atomic E-state index is -2.50. The zero-order chi connectivity index (χ0) is 41.5. The Labute approximate surface area is 333 Å². The third kappa shape index (κ3) is 10.7. The highest BCUT2D eigenvalue weighted by atomic mass is 16.7. The largest absolute Gasteiger partial charge is 0.456 e. The first kappa shape index (κ1) is 46.2.